The number of nitrogens with zero attached hydrogens (tertiary/aromatic N) is 1. The summed E-state index contributed by atoms with van der Waals surface area (Å²) >= 11 is 0. The van der Waals surface area contributed by atoms with Crippen LogP contribution in [0.2, 0.25) is 0 Å². The number of hydrogen-bond donors (Lipinski definition) is 1. The summed E-state index contributed by atoms with van der Waals surface area (Å²) < 4.78 is 28.1. The number of ketones is 1. The SMILES string of the molecule is C[C@@]1(c2c(F)cccc2F)NC(=O)N(CC(=O)c2ccccc2)C1=O. The van der Waals surface area contributed by atoms with Gasteiger partial charge in [0, 0.05) is 5.56 Å². The first-order chi connectivity index (χ1) is 11.8. The number of benzene rings is 2. The molecule has 3 rings (SSSR count). The van der Waals surface area contributed by atoms with E-state index < -0.39 is 47.0 Å². The topological polar surface area (TPSA) is 66.5 Å². The van der Waals surface area contributed by atoms with Crippen LogP contribution in [0.4, 0.5) is 13.6 Å². The van der Waals surface area contributed by atoms with Gasteiger partial charge in [0.1, 0.15) is 17.2 Å². The average Bonchev–Trinajstić information content (AvgIpc) is 2.79. The Morgan fingerprint density at radius 1 is 1.04 bits per heavy atom. The minimum absolute atomic E-state index is 0.328. The highest BCUT2D eigenvalue weighted by atomic mass is 19.1. The highest BCUT2D eigenvalue weighted by Gasteiger charge is 2.52. The summed E-state index contributed by atoms with van der Waals surface area (Å²) in [6.07, 6.45) is 0. The van der Waals surface area contributed by atoms with Gasteiger partial charge in [-0.05, 0) is 19.1 Å². The number of nitrogens with one attached hydrogen (secondary N) is 1. The van der Waals surface area contributed by atoms with Gasteiger partial charge in [-0.3, -0.25) is 14.5 Å². The van der Waals surface area contributed by atoms with Crippen molar-refractivity contribution in [2.75, 3.05) is 6.54 Å². The van der Waals surface area contributed by atoms with Gasteiger partial charge < -0.3 is 5.32 Å². The number of halogens is 2. The van der Waals surface area contributed by atoms with Crippen LogP contribution in [0.25, 0.3) is 0 Å². The zero-order valence-corrected chi connectivity index (χ0v) is 13.3. The lowest BCUT2D eigenvalue weighted by atomic mass is 9.91. The smallest absolute Gasteiger partial charge is 0.319 e. The predicted octanol–water partition coefficient (Wildman–Crippen LogP) is 2.61. The van der Waals surface area contributed by atoms with Gasteiger partial charge in [0.05, 0.1) is 12.1 Å². The summed E-state index contributed by atoms with van der Waals surface area (Å²) in [6.45, 7) is 0.696. The number of imide groups is 1. The molecule has 1 fully saturated rings. The molecule has 3 amide bonds. The second kappa shape index (κ2) is 6.08. The Morgan fingerprint density at radius 2 is 1.64 bits per heavy atom. The van der Waals surface area contributed by atoms with Crippen molar-refractivity contribution >= 4 is 17.7 Å². The van der Waals surface area contributed by atoms with Crippen LogP contribution in [0.5, 0.6) is 0 Å². The number of urea groups is 1. The van der Waals surface area contributed by atoms with Gasteiger partial charge in [-0.15, -0.1) is 0 Å². The molecule has 1 aliphatic rings. The number of carbonyl (C=O) groups is 3. The lowest BCUT2D eigenvalue weighted by Crippen LogP contribution is -2.43. The van der Waals surface area contributed by atoms with Crippen molar-refractivity contribution in [2.24, 2.45) is 0 Å². The molecular formula is C18H14F2N2O3. The van der Waals surface area contributed by atoms with Gasteiger partial charge in [-0.25, -0.2) is 13.6 Å². The number of carbonyl (C=O) groups excluding carboxylic acids is 3. The van der Waals surface area contributed by atoms with E-state index in [-0.39, 0.29) is 0 Å². The van der Waals surface area contributed by atoms with E-state index in [1.165, 1.54) is 6.92 Å². The van der Waals surface area contributed by atoms with Crippen LogP contribution in [0.15, 0.2) is 48.5 Å². The molecular weight excluding hydrogens is 330 g/mol. The van der Waals surface area contributed by atoms with E-state index in [2.05, 4.69) is 5.32 Å². The van der Waals surface area contributed by atoms with Gasteiger partial charge >= 0.3 is 6.03 Å². The summed E-state index contributed by atoms with van der Waals surface area (Å²) in [4.78, 5) is 37.7. The summed E-state index contributed by atoms with van der Waals surface area (Å²) in [6, 6.07) is 10.4. The molecule has 0 saturated carbocycles. The van der Waals surface area contributed by atoms with Crippen LogP contribution in [0.3, 0.4) is 0 Å². The third-order valence-corrected chi connectivity index (χ3v) is 4.14. The molecule has 2 aromatic rings. The Bertz CT molecular complexity index is 850. The fourth-order valence-electron chi connectivity index (χ4n) is 2.84. The third kappa shape index (κ3) is 2.77. The van der Waals surface area contributed by atoms with E-state index in [4.69, 9.17) is 0 Å². The minimum atomic E-state index is -1.91. The van der Waals surface area contributed by atoms with E-state index >= 15 is 0 Å². The first-order valence-electron chi connectivity index (χ1n) is 7.51. The molecule has 0 bridgehead atoms. The molecule has 0 aliphatic carbocycles. The van der Waals surface area contributed by atoms with Gasteiger partial charge in [0.15, 0.2) is 5.78 Å². The molecule has 1 aliphatic heterocycles. The Labute approximate surface area is 142 Å². The average molecular weight is 344 g/mol. The van der Waals surface area contributed by atoms with Crippen molar-refractivity contribution in [1.29, 1.82) is 0 Å². The molecule has 0 radical (unpaired) electrons. The van der Waals surface area contributed by atoms with Crippen molar-refractivity contribution < 1.29 is 23.2 Å². The summed E-state index contributed by atoms with van der Waals surface area (Å²) in [5.41, 5.74) is -2.14. The van der Waals surface area contributed by atoms with Crippen LogP contribution in [-0.2, 0) is 10.3 Å². The van der Waals surface area contributed by atoms with Gasteiger partial charge in [-0.2, -0.15) is 0 Å². The van der Waals surface area contributed by atoms with Crippen molar-refractivity contribution in [1.82, 2.24) is 10.2 Å². The summed E-state index contributed by atoms with van der Waals surface area (Å²) in [5, 5.41) is 2.29. The highest BCUT2D eigenvalue weighted by molar-refractivity contribution is 6.11. The van der Waals surface area contributed by atoms with Crippen molar-refractivity contribution in [3.8, 4) is 0 Å². The molecule has 0 unspecified atom stereocenters. The molecule has 1 atom stereocenters. The lowest BCUT2D eigenvalue weighted by molar-refractivity contribution is -0.130. The molecule has 1 N–H and O–H groups in total. The van der Waals surface area contributed by atoms with Crippen LogP contribution >= 0.6 is 0 Å². The maximum absolute atomic E-state index is 14.1. The van der Waals surface area contributed by atoms with E-state index in [0.29, 0.717) is 10.5 Å². The number of hydrogen-bond acceptors (Lipinski definition) is 3. The predicted molar refractivity (Wildman–Crippen MR) is 84.7 cm³/mol. The number of Topliss-reactive ketones (excluding diaryl/α,β-unsaturated/α-hetero) is 1. The molecule has 0 aromatic heterocycles. The van der Waals surface area contributed by atoms with Gasteiger partial charge in [-0.1, -0.05) is 36.4 Å². The molecule has 7 heteroatoms. The first-order valence-corrected chi connectivity index (χ1v) is 7.51. The Kier molecular flexibility index (Phi) is 4.08. The fourth-order valence-corrected chi connectivity index (χ4v) is 2.84. The lowest BCUT2D eigenvalue weighted by Gasteiger charge is -2.23. The molecule has 5 nitrogen and oxygen atoms in total. The number of amides is 3. The van der Waals surface area contributed by atoms with Gasteiger partial charge in [0.2, 0.25) is 0 Å². The third-order valence-electron chi connectivity index (χ3n) is 4.14. The van der Waals surface area contributed by atoms with E-state index in [1.54, 1.807) is 30.3 Å². The maximum Gasteiger partial charge on any atom is 0.325 e. The summed E-state index contributed by atoms with van der Waals surface area (Å²) in [5.74, 6) is -3.24. The van der Waals surface area contributed by atoms with E-state index in [0.717, 1.165) is 18.2 Å². The molecule has 128 valence electrons. The van der Waals surface area contributed by atoms with Crippen molar-refractivity contribution in [3.63, 3.8) is 0 Å². The second-order valence-electron chi connectivity index (χ2n) is 5.83. The van der Waals surface area contributed by atoms with Crippen molar-refractivity contribution in [3.05, 3.63) is 71.3 Å². The monoisotopic (exact) mass is 344 g/mol. The van der Waals surface area contributed by atoms with Gasteiger partial charge in [0.25, 0.3) is 5.91 Å². The molecule has 1 heterocycles. The standard InChI is InChI=1S/C18H14F2N2O3/c1-18(15-12(19)8-5-9-13(15)20)16(24)22(17(25)21-18)10-14(23)11-6-3-2-4-7-11/h2-9H,10H2,1H3,(H,21,25)/t18-/m0/s1. The quantitative estimate of drug-likeness (QED) is 0.685. The Morgan fingerprint density at radius 3 is 2.24 bits per heavy atom. The molecule has 25 heavy (non-hydrogen) atoms. The zero-order valence-electron chi connectivity index (χ0n) is 13.3. The minimum Gasteiger partial charge on any atom is -0.319 e. The molecule has 1 saturated heterocycles. The zero-order chi connectivity index (χ0) is 18.2. The Hall–Kier alpha value is -3.09. The maximum atomic E-state index is 14.1. The first kappa shape index (κ1) is 16.8. The fraction of sp³-hybridized carbons (Fsp3) is 0.167. The normalized spacial score (nSPS) is 19.9. The molecule has 2 aromatic carbocycles. The van der Waals surface area contributed by atoms with Crippen LogP contribution in [-0.4, -0.2) is 29.2 Å². The Balaban J connectivity index is 1.91. The highest BCUT2D eigenvalue weighted by Crippen LogP contribution is 2.32. The van der Waals surface area contributed by atoms with Crippen LogP contribution in [0, 0.1) is 11.6 Å². The van der Waals surface area contributed by atoms with Crippen LogP contribution in [0.1, 0.15) is 22.8 Å². The largest absolute Gasteiger partial charge is 0.325 e. The second-order valence-corrected chi connectivity index (χ2v) is 5.83. The van der Waals surface area contributed by atoms with Crippen molar-refractivity contribution in [2.45, 2.75) is 12.5 Å². The summed E-state index contributed by atoms with van der Waals surface area (Å²) in [7, 11) is 0. The van der Waals surface area contributed by atoms with E-state index in [1.807, 2.05) is 0 Å². The molecule has 0 spiro atoms. The van der Waals surface area contributed by atoms with Crippen LogP contribution < -0.4 is 5.32 Å². The van der Waals surface area contributed by atoms with E-state index in [9.17, 15) is 23.2 Å². The number of rotatable bonds is 4.